The van der Waals surface area contributed by atoms with Crippen LogP contribution in [-0.4, -0.2) is 128 Å². The molecule has 69 heavy (non-hydrogen) atoms. The zero-order valence-corrected chi connectivity index (χ0v) is 44.5. The predicted molar refractivity (Wildman–Crippen MR) is 252 cm³/mol. The fourth-order valence-electron chi connectivity index (χ4n) is 8.36. The third-order valence-corrected chi connectivity index (χ3v) is 13.5. The van der Waals surface area contributed by atoms with E-state index in [0.717, 1.165) is 16.5 Å². The second-order valence-corrected chi connectivity index (χ2v) is 20.9. The Hall–Kier alpha value is -3.80. The summed E-state index contributed by atoms with van der Waals surface area (Å²) in [6.07, 6.45) is 6.97. The average Bonchev–Trinajstić information content (AvgIpc) is 3.70. The first-order valence-electron chi connectivity index (χ1n) is 22.7. The Bertz CT molecular complexity index is 2560. The van der Waals surface area contributed by atoms with Gasteiger partial charge in [-0.05, 0) is 91.6 Å². The van der Waals surface area contributed by atoms with E-state index in [1.165, 1.54) is 12.1 Å². The number of fused-ring (bicyclic) bond motifs is 2. The molecule has 1 aromatic carbocycles. The number of allylic oxidation sites excluding steroid dienone is 3. The van der Waals surface area contributed by atoms with Gasteiger partial charge in [0, 0.05) is 68.5 Å². The third kappa shape index (κ3) is 16.4. The molecule has 0 radical (unpaired) electrons. The van der Waals surface area contributed by atoms with Crippen molar-refractivity contribution in [3.05, 3.63) is 82.6 Å². The Morgan fingerprint density at radius 3 is 2.13 bits per heavy atom. The van der Waals surface area contributed by atoms with Gasteiger partial charge in [-0.25, -0.2) is 17.8 Å². The zero-order valence-electron chi connectivity index (χ0n) is 40.8. The summed E-state index contributed by atoms with van der Waals surface area (Å²) < 4.78 is 101. The molecule has 2 amide bonds. The second-order valence-electron chi connectivity index (χ2n) is 18.0. The molecule has 0 saturated carbocycles. The SMILES string of the molecule is COCCOCC[N+](CCOCCOC)=c1ccc2c(C(C)(C)C)cc(/C=C/C=C3/N(CCCCCC(=O)ON4C(=O)CCC4=O)c4ccc(S(=O)(=O)[O-])cc4C3(C)CCCS(=O)(=O)O)oc-2c1.[Na+]. The summed E-state index contributed by atoms with van der Waals surface area (Å²) >= 11 is 0. The maximum absolute atomic E-state index is 12.5. The van der Waals surface area contributed by atoms with Crippen LogP contribution >= 0.6 is 0 Å². The molecule has 1 atom stereocenters. The minimum Gasteiger partial charge on any atom is -0.744 e. The van der Waals surface area contributed by atoms with E-state index in [2.05, 4.69) is 37.5 Å². The van der Waals surface area contributed by atoms with E-state index < -0.39 is 54.1 Å². The smallest absolute Gasteiger partial charge is 0.744 e. The number of hydroxylamine groups is 2. The fourth-order valence-corrected chi connectivity index (χ4v) is 9.36. The van der Waals surface area contributed by atoms with Gasteiger partial charge >= 0.3 is 35.5 Å². The van der Waals surface area contributed by atoms with Crippen molar-refractivity contribution in [3.63, 3.8) is 0 Å². The number of hydrogen-bond donors (Lipinski definition) is 1. The topological polar surface area (TPSA) is 232 Å². The molecule has 1 fully saturated rings. The van der Waals surface area contributed by atoms with E-state index in [9.17, 15) is 40.3 Å². The predicted octanol–water partition coefficient (Wildman–Crippen LogP) is 2.20. The van der Waals surface area contributed by atoms with E-state index in [1.54, 1.807) is 26.4 Å². The Balaban J connectivity index is 0.0000104. The summed E-state index contributed by atoms with van der Waals surface area (Å²) in [4.78, 5) is 42.9. The molecule has 21 heteroatoms. The van der Waals surface area contributed by atoms with Crippen LogP contribution in [0, 0.1) is 0 Å². The molecular weight excluding hydrogens is 946 g/mol. The minimum absolute atomic E-state index is 0. The van der Waals surface area contributed by atoms with Crippen molar-refractivity contribution >= 4 is 49.8 Å². The number of methoxy groups -OCH3 is 2. The van der Waals surface area contributed by atoms with Gasteiger partial charge in [0.1, 0.15) is 34.9 Å². The number of amides is 2. The van der Waals surface area contributed by atoms with Gasteiger partial charge in [0.2, 0.25) is 5.36 Å². The molecule has 374 valence electrons. The van der Waals surface area contributed by atoms with Crippen molar-refractivity contribution in [2.24, 2.45) is 0 Å². The first kappa shape index (κ1) is 57.8. The van der Waals surface area contributed by atoms with E-state index in [4.69, 9.17) is 28.2 Å². The van der Waals surface area contributed by atoms with Crippen LogP contribution in [0.15, 0.2) is 69.6 Å². The molecular formula is C48H65N3NaO15S2+. The number of rotatable bonds is 26. The molecule has 3 heterocycles. The van der Waals surface area contributed by atoms with Crippen molar-refractivity contribution in [1.29, 1.82) is 0 Å². The van der Waals surface area contributed by atoms with Gasteiger partial charge in [-0.1, -0.05) is 33.3 Å². The molecule has 1 N–H and O–H groups in total. The second kappa shape index (κ2) is 26.1. The Kier molecular flexibility index (Phi) is 21.8. The van der Waals surface area contributed by atoms with Gasteiger partial charge in [0.25, 0.3) is 21.9 Å². The molecule has 18 nitrogen and oxygen atoms in total. The van der Waals surface area contributed by atoms with E-state index >= 15 is 0 Å². The minimum atomic E-state index is -4.88. The van der Waals surface area contributed by atoms with E-state index in [1.807, 2.05) is 36.1 Å². The third-order valence-electron chi connectivity index (χ3n) is 11.9. The molecule has 1 aliphatic carbocycles. The van der Waals surface area contributed by atoms with Crippen molar-refractivity contribution in [2.45, 2.75) is 94.8 Å². The monoisotopic (exact) mass is 1010 g/mol. The van der Waals surface area contributed by atoms with Gasteiger partial charge in [0.05, 0.1) is 43.1 Å². The van der Waals surface area contributed by atoms with Crippen LogP contribution in [0.4, 0.5) is 5.69 Å². The number of hydrogen-bond acceptors (Lipinski definition) is 15. The Labute approximate surface area is 427 Å². The molecule has 3 aliphatic heterocycles. The maximum Gasteiger partial charge on any atom is 1.00 e. The van der Waals surface area contributed by atoms with Gasteiger partial charge < -0.3 is 37.7 Å². The van der Waals surface area contributed by atoms with Crippen LogP contribution in [0.2, 0.25) is 0 Å². The summed E-state index contributed by atoms with van der Waals surface area (Å²) in [5, 5.41) is 1.42. The number of nitrogens with zero attached hydrogens (tertiary/aromatic N) is 3. The molecule has 1 saturated heterocycles. The molecule has 0 bridgehead atoms. The maximum atomic E-state index is 12.5. The normalized spacial score (nSPS) is 17.1. The summed E-state index contributed by atoms with van der Waals surface area (Å²) in [5.41, 5.74) is 2.39. The molecule has 1 unspecified atom stereocenters. The first-order chi connectivity index (χ1) is 32.2. The van der Waals surface area contributed by atoms with Crippen molar-refractivity contribution in [2.75, 3.05) is 84.1 Å². The van der Waals surface area contributed by atoms with Crippen LogP contribution < -0.4 is 44.4 Å². The molecule has 0 spiro atoms. The number of imide groups is 1. The quantitative estimate of drug-likeness (QED) is 0.0399. The zero-order chi connectivity index (χ0) is 49.7. The van der Waals surface area contributed by atoms with Crippen LogP contribution in [-0.2, 0) is 69.2 Å². The number of ether oxygens (including phenoxy) is 4. The average molecular weight is 1010 g/mol. The van der Waals surface area contributed by atoms with Gasteiger partial charge in [-0.2, -0.15) is 8.42 Å². The van der Waals surface area contributed by atoms with Gasteiger partial charge in [-0.15, -0.1) is 5.06 Å². The molecule has 4 aliphatic rings. The number of anilines is 1. The van der Waals surface area contributed by atoms with E-state index in [0.29, 0.717) is 112 Å². The van der Waals surface area contributed by atoms with Crippen molar-refractivity contribution in [1.82, 2.24) is 9.64 Å². The van der Waals surface area contributed by atoms with Crippen molar-refractivity contribution < 1.29 is 98.1 Å². The number of carbonyl (C=O) groups excluding carboxylic acids is 3. The summed E-state index contributed by atoms with van der Waals surface area (Å²) in [6.45, 7) is 12.5. The van der Waals surface area contributed by atoms with E-state index in [-0.39, 0.29) is 67.1 Å². The first-order valence-corrected chi connectivity index (χ1v) is 25.8. The molecule has 1 aromatic rings. The summed E-state index contributed by atoms with van der Waals surface area (Å²) in [6, 6.07) is 12.2. The number of unbranched alkanes of at least 4 members (excludes halogenated alkanes) is 2. The number of benzene rings is 2. The molecule has 5 rings (SSSR count). The summed E-state index contributed by atoms with van der Waals surface area (Å²) in [7, 11) is -5.97. The van der Waals surface area contributed by atoms with Crippen LogP contribution in [0.3, 0.4) is 0 Å². The van der Waals surface area contributed by atoms with Gasteiger partial charge in [0.15, 0.2) is 13.1 Å². The van der Waals surface area contributed by atoms with Crippen molar-refractivity contribution in [3.8, 4) is 11.3 Å². The standard InChI is InChI=1S/C48H65N3O15S2.Na/c1-47(2,3)39-33-36(65-42-32-35(15-17-38(39)42)49(23-25-63-29-27-61-5)24-26-64-30-28-62-6)12-10-13-43-48(4,21-11-31-67(55,56)57)40-34-37(68(58,59)60)16-18-41(40)50(43)22-9-7-8-14-46(54)66-51-44(52)19-20-45(51)53;/h10,12-13,15-18,32-34H,7-9,11,14,19-31H2,1-6H3,(H-,55,56,57,58,59,60);/q;+1. The van der Waals surface area contributed by atoms with Gasteiger partial charge in [-0.3, -0.25) is 14.1 Å². The largest absolute Gasteiger partial charge is 1.00 e. The Morgan fingerprint density at radius 1 is 0.884 bits per heavy atom. The summed E-state index contributed by atoms with van der Waals surface area (Å²) in [5.74, 6) is -1.20. The molecule has 0 aromatic heterocycles. The van der Waals surface area contributed by atoms with Crippen LogP contribution in [0.1, 0.15) is 95.9 Å². The number of carbonyl (C=O) groups is 3. The Morgan fingerprint density at radius 2 is 1.54 bits per heavy atom. The fraction of sp³-hybridized carbons (Fsp3) is 0.542. The van der Waals surface area contributed by atoms with Crippen LogP contribution in [0.25, 0.3) is 17.4 Å². The van der Waals surface area contributed by atoms with Crippen LogP contribution in [0.5, 0.6) is 0 Å².